The molecule has 6 heteroatoms. The quantitative estimate of drug-likeness (QED) is 0.846. The Bertz CT molecular complexity index is 585. The van der Waals surface area contributed by atoms with Crippen LogP contribution in [0.15, 0.2) is 24.3 Å². The number of hydrogen-bond donors (Lipinski definition) is 1. The van der Waals surface area contributed by atoms with Crippen molar-refractivity contribution in [3.8, 4) is 5.75 Å². The van der Waals surface area contributed by atoms with Gasteiger partial charge in [-0.15, -0.1) is 11.3 Å². The third-order valence-electron chi connectivity index (χ3n) is 2.80. The third kappa shape index (κ3) is 3.18. The summed E-state index contributed by atoms with van der Waals surface area (Å²) in [6.45, 7) is 0. The van der Waals surface area contributed by atoms with Crippen LogP contribution in [-0.2, 0) is 0 Å². The average molecular weight is 337 g/mol. The maximum atomic E-state index is 6.30. The van der Waals surface area contributed by atoms with E-state index < -0.39 is 0 Å². The molecule has 0 amide bonds. The van der Waals surface area contributed by atoms with Crippen LogP contribution in [0.25, 0.3) is 0 Å². The van der Waals surface area contributed by atoms with E-state index in [-0.39, 0.29) is 6.04 Å². The van der Waals surface area contributed by atoms with Crippen molar-refractivity contribution in [1.29, 1.82) is 0 Å². The summed E-state index contributed by atoms with van der Waals surface area (Å²) in [6, 6.07) is 7.33. The SMILES string of the molecule is CNC(c1ccc(OC)cc1Cl)c1cc(Cl)sc1Cl. The number of halogens is 3. The highest BCUT2D eigenvalue weighted by Crippen LogP contribution is 2.39. The fourth-order valence-electron chi connectivity index (χ4n) is 1.90. The van der Waals surface area contributed by atoms with Crippen LogP contribution in [0.2, 0.25) is 13.7 Å². The first-order valence-electron chi connectivity index (χ1n) is 5.52. The minimum absolute atomic E-state index is 0.102. The van der Waals surface area contributed by atoms with E-state index in [4.69, 9.17) is 39.5 Å². The molecular weight excluding hydrogens is 325 g/mol. The molecule has 1 unspecified atom stereocenters. The van der Waals surface area contributed by atoms with Gasteiger partial charge >= 0.3 is 0 Å². The first kappa shape index (κ1) is 14.9. The lowest BCUT2D eigenvalue weighted by atomic mass is 10.0. The fraction of sp³-hybridized carbons (Fsp3) is 0.231. The van der Waals surface area contributed by atoms with Crippen molar-refractivity contribution in [1.82, 2.24) is 5.32 Å². The Morgan fingerprint density at radius 1 is 1.16 bits per heavy atom. The minimum atomic E-state index is -0.102. The van der Waals surface area contributed by atoms with Crippen LogP contribution in [0.1, 0.15) is 17.2 Å². The molecule has 0 spiro atoms. The van der Waals surface area contributed by atoms with Crippen molar-refractivity contribution < 1.29 is 4.74 Å². The molecule has 0 aliphatic heterocycles. The Kier molecular flexibility index (Phi) is 4.98. The maximum absolute atomic E-state index is 6.30. The van der Waals surface area contributed by atoms with Crippen molar-refractivity contribution >= 4 is 46.1 Å². The van der Waals surface area contributed by atoms with Crippen molar-refractivity contribution in [2.24, 2.45) is 0 Å². The molecule has 0 aliphatic carbocycles. The van der Waals surface area contributed by atoms with E-state index in [2.05, 4.69) is 5.32 Å². The molecule has 2 aromatic rings. The van der Waals surface area contributed by atoms with Crippen LogP contribution < -0.4 is 10.1 Å². The molecule has 0 fully saturated rings. The molecule has 1 heterocycles. The minimum Gasteiger partial charge on any atom is -0.497 e. The summed E-state index contributed by atoms with van der Waals surface area (Å²) in [5, 5.41) is 3.83. The Labute approximate surface area is 131 Å². The predicted octanol–water partition coefficient (Wildman–Crippen LogP) is 5.03. The van der Waals surface area contributed by atoms with Gasteiger partial charge in [0.15, 0.2) is 0 Å². The molecule has 1 aromatic carbocycles. The maximum Gasteiger partial charge on any atom is 0.120 e. The Balaban J connectivity index is 2.45. The van der Waals surface area contributed by atoms with Crippen LogP contribution >= 0.6 is 46.1 Å². The van der Waals surface area contributed by atoms with E-state index >= 15 is 0 Å². The van der Waals surface area contributed by atoms with Crippen molar-refractivity contribution in [2.45, 2.75) is 6.04 Å². The monoisotopic (exact) mass is 335 g/mol. The standard InChI is InChI=1S/C13H12Cl3NOS/c1-17-12(9-6-11(15)19-13(9)16)8-4-3-7(18-2)5-10(8)14/h3-6,12,17H,1-2H3. The first-order chi connectivity index (χ1) is 9.06. The van der Waals surface area contributed by atoms with Gasteiger partial charge in [0.05, 0.1) is 21.8 Å². The largest absolute Gasteiger partial charge is 0.497 e. The number of hydrogen-bond acceptors (Lipinski definition) is 3. The van der Waals surface area contributed by atoms with E-state index in [0.29, 0.717) is 13.7 Å². The highest BCUT2D eigenvalue weighted by Gasteiger charge is 2.20. The van der Waals surface area contributed by atoms with Crippen LogP contribution in [0.4, 0.5) is 0 Å². The van der Waals surface area contributed by atoms with E-state index in [9.17, 15) is 0 Å². The van der Waals surface area contributed by atoms with Gasteiger partial charge in [-0.1, -0.05) is 40.9 Å². The van der Waals surface area contributed by atoms with Crippen molar-refractivity contribution in [2.75, 3.05) is 14.2 Å². The van der Waals surface area contributed by atoms with E-state index in [1.165, 1.54) is 11.3 Å². The zero-order valence-corrected chi connectivity index (χ0v) is 13.4. The summed E-state index contributed by atoms with van der Waals surface area (Å²) >= 11 is 19.8. The molecule has 1 N–H and O–H groups in total. The van der Waals surface area contributed by atoms with Gasteiger partial charge in [0.2, 0.25) is 0 Å². The molecule has 2 rings (SSSR count). The van der Waals surface area contributed by atoms with Gasteiger partial charge in [-0.2, -0.15) is 0 Å². The number of methoxy groups -OCH3 is 1. The lowest BCUT2D eigenvalue weighted by Gasteiger charge is -2.18. The first-order valence-corrected chi connectivity index (χ1v) is 7.47. The molecule has 0 bridgehead atoms. The van der Waals surface area contributed by atoms with Crippen LogP contribution in [0.5, 0.6) is 5.75 Å². The molecule has 0 aliphatic rings. The average Bonchev–Trinajstić information content (AvgIpc) is 2.71. The van der Waals surface area contributed by atoms with Gasteiger partial charge in [0.25, 0.3) is 0 Å². The normalized spacial score (nSPS) is 12.5. The van der Waals surface area contributed by atoms with Gasteiger partial charge in [-0.05, 0) is 30.8 Å². The summed E-state index contributed by atoms with van der Waals surface area (Å²) in [4.78, 5) is 0. The van der Waals surface area contributed by atoms with Crippen LogP contribution in [0, 0.1) is 0 Å². The number of thiophene rings is 1. The molecule has 0 saturated heterocycles. The number of ether oxygens (including phenoxy) is 1. The molecule has 102 valence electrons. The number of rotatable bonds is 4. The Morgan fingerprint density at radius 3 is 2.37 bits per heavy atom. The van der Waals surface area contributed by atoms with Gasteiger partial charge < -0.3 is 10.1 Å². The lowest BCUT2D eigenvalue weighted by molar-refractivity contribution is 0.414. The zero-order valence-electron chi connectivity index (χ0n) is 10.3. The Hall–Kier alpha value is -0.450. The summed E-state index contributed by atoms with van der Waals surface area (Å²) in [7, 11) is 3.46. The van der Waals surface area contributed by atoms with Crippen LogP contribution in [-0.4, -0.2) is 14.2 Å². The molecule has 19 heavy (non-hydrogen) atoms. The van der Waals surface area contributed by atoms with E-state index in [0.717, 1.165) is 16.9 Å². The summed E-state index contributed by atoms with van der Waals surface area (Å²) in [5.74, 6) is 0.720. The number of nitrogens with one attached hydrogen (secondary N) is 1. The van der Waals surface area contributed by atoms with Crippen molar-refractivity contribution in [3.63, 3.8) is 0 Å². The molecule has 1 aromatic heterocycles. The highest BCUT2D eigenvalue weighted by molar-refractivity contribution is 7.20. The fourth-order valence-corrected chi connectivity index (χ4v) is 3.71. The second-order valence-electron chi connectivity index (χ2n) is 3.89. The van der Waals surface area contributed by atoms with Crippen molar-refractivity contribution in [3.05, 3.63) is 49.1 Å². The van der Waals surface area contributed by atoms with Gasteiger partial charge in [-0.3, -0.25) is 0 Å². The smallest absolute Gasteiger partial charge is 0.120 e. The topological polar surface area (TPSA) is 21.3 Å². The van der Waals surface area contributed by atoms with Crippen LogP contribution in [0.3, 0.4) is 0 Å². The molecular formula is C13H12Cl3NOS. The summed E-state index contributed by atoms with van der Waals surface area (Å²) in [6.07, 6.45) is 0. The number of benzene rings is 1. The third-order valence-corrected chi connectivity index (χ3v) is 4.65. The van der Waals surface area contributed by atoms with E-state index in [1.807, 2.05) is 25.2 Å². The van der Waals surface area contributed by atoms with Gasteiger partial charge in [0, 0.05) is 10.6 Å². The van der Waals surface area contributed by atoms with Gasteiger partial charge in [-0.25, -0.2) is 0 Å². The lowest BCUT2D eigenvalue weighted by Crippen LogP contribution is -2.17. The molecule has 1 atom stereocenters. The summed E-state index contributed by atoms with van der Waals surface area (Å²) in [5.41, 5.74) is 1.85. The van der Waals surface area contributed by atoms with Gasteiger partial charge in [0.1, 0.15) is 5.75 Å². The summed E-state index contributed by atoms with van der Waals surface area (Å²) < 4.78 is 6.47. The Morgan fingerprint density at radius 2 is 1.89 bits per heavy atom. The second kappa shape index (κ2) is 6.33. The highest BCUT2D eigenvalue weighted by atomic mass is 35.5. The molecule has 0 radical (unpaired) electrons. The van der Waals surface area contributed by atoms with E-state index in [1.54, 1.807) is 13.2 Å². The predicted molar refractivity (Wildman–Crippen MR) is 83.2 cm³/mol. The molecule has 2 nitrogen and oxygen atoms in total. The molecule has 0 saturated carbocycles. The zero-order chi connectivity index (χ0) is 14.0. The second-order valence-corrected chi connectivity index (χ2v) is 6.58.